The van der Waals surface area contributed by atoms with Crippen molar-refractivity contribution in [3.8, 4) is 0 Å². The van der Waals surface area contributed by atoms with Crippen molar-refractivity contribution in [2.24, 2.45) is 0 Å². The fraction of sp³-hybridized carbons (Fsp3) is 0.600. The molecule has 0 radical (unpaired) electrons. The molecule has 0 fully saturated rings. The Kier molecular flexibility index (Phi) is 5.20. The molecule has 8 heteroatoms. The molecule has 0 unspecified atom stereocenters. The Labute approximate surface area is 110 Å². The topological polar surface area (TPSA) is 49.4 Å². The standard InChI is InChI=1S/C10H16F2N2O2S2/c1-7-4-10(17-8(7)5-13-2)18(15,16)14(3)6-9(11)12/h4,9,13H,5-6H2,1-3H3. The minimum absolute atomic E-state index is 0.105. The van der Waals surface area contributed by atoms with Crippen molar-refractivity contribution in [2.45, 2.75) is 24.1 Å². The number of hydrogen-bond acceptors (Lipinski definition) is 4. The summed E-state index contributed by atoms with van der Waals surface area (Å²) < 4.78 is 49.3. The molecule has 0 aliphatic rings. The van der Waals surface area contributed by atoms with Crippen molar-refractivity contribution in [1.29, 1.82) is 0 Å². The normalized spacial score (nSPS) is 12.6. The Morgan fingerprint density at radius 2 is 2.11 bits per heavy atom. The van der Waals surface area contributed by atoms with Crippen molar-refractivity contribution < 1.29 is 17.2 Å². The molecule has 18 heavy (non-hydrogen) atoms. The molecule has 1 aromatic rings. The quantitative estimate of drug-likeness (QED) is 0.869. The van der Waals surface area contributed by atoms with E-state index in [0.29, 0.717) is 10.8 Å². The SMILES string of the molecule is CNCc1sc(S(=O)(=O)N(C)CC(F)F)cc1C. The van der Waals surface area contributed by atoms with Gasteiger partial charge in [-0.15, -0.1) is 11.3 Å². The van der Waals surface area contributed by atoms with E-state index in [1.54, 1.807) is 14.0 Å². The fourth-order valence-corrected chi connectivity index (χ4v) is 4.36. The second kappa shape index (κ2) is 6.05. The van der Waals surface area contributed by atoms with Gasteiger partial charge in [-0.3, -0.25) is 0 Å². The van der Waals surface area contributed by atoms with Crippen molar-refractivity contribution >= 4 is 21.4 Å². The highest BCUT2D eigenvalue weighted by Gasteiger charge is 2.26. The molecule has 1 aromatic heterocycles. The number of sulfonamides is 1. The third-order valence-electron chi connectivity index (χ3n) is 2.39. The van der Waals surface area contributed by atoms with Gasteiger partial charge in [0.15, 0.2) is 0 Å². The van der Waals surface area contributed by atoms with Crippen LogP contribution < -0.4 is 5.32 Å². The van der Waals surface area contributed by atoms with Gasteiger partial charge in [-0.05, 0) is 25.6 Å². The summed E-state index contributed by atoms with van der Waals surface area (Å²) in [5.74, 6) is 0. The van der Waals surface area contributed by atoms with Crippen LogP contribution in [0, 0.1) is 6.92 Å². The summed E-state index contributed by atoms with van der Waals surface area (Å²) in [6, 6.07) is 1.52. The van der Waals surface area contributed by atoms with Crippen LogP contribution in [0.25, 0.3) is 0 Å². The molecule has 0 saturated heterocycles. The van der Waals surface area contributed by atoms with Crippen LogP contribution in [0.4, 0.5) is 8.78 Å². The maximum atomic E-state index is 12.2. The van der Waals surface area contributed by atoms with Gasteiger partial charge in [-0.2, -0.15) is 4.31 Å². The fourth-order valence-electron chi connectivity index (χ4n) is 1.40. The molecular formula is C10H16F2N2O2S2. The Balaban J connectivity index is 3.01. The second-order valence-corrected chi connectivity index (χ2v) is 7.29. The third-order valence-corrected chi connectivity index (χ3v) is 5.90. The van der Waals surface area contributed by atoms with Gasteiger partial charge in [0.1, 0.15) is 4.21 Å². The van der Waals surface area contributed by atoms with Crippen LogP contribution in [0.3, 0.4) is 0 Å². The van der Waals surface area contributed by atoms with E-state index in [0.717, 1.165) is 28.8 Å². The lowest BCUT2D eigenvalue weighted by Gasteiger charge is -2.14. The first-order chi connectivity index (χ1) is 8.28. The zero-order valence-corrected chi connectivity index (χ0v) is 12.0. The van der Waals surface area contributed by atoms with Crippen molar-refractivity contribution in [2.75, 3.05) is 20.6 Å². The molecule has 0 bridgehead atoms. The van der Waals surface area contributed by atoms with Gasteiger partial charge >= 0.3 is 0 Å². The van der Waals surface area contributed by atoms with Crippen LogP contribution in [0.5, 0.6) is 0 Å². The van der Waals surface area contributed by atoms with E-state index in [1.807, 2.05) is 0 Å². The summed E-state index contributed by atoms with van der Waals surface area (Å²) in [5, 5.41) is 2.93. The van der Waals surface area contributed by atoms with Gasteiger partial charge in [-0.1, -0.05) is 0 Å². The van der Waals surface area contributed by atoms with Crippen molar-refractivity contribution in [3.63, 3.8) is 0 Å². The van der Waals surface area contributed by atoms with Gasteiger partial charge in [0.25, 0.3) is 16.4 Å². The van der Waals surface area contributed by atoms with E-state index in [2.05, 4.69) is 5.32 Å². The third kappa shape index (κ3) is 3.47. The van der Waals surface area contributed by atoms with Crippen molar-refractivity contribution in [1.82, 2.24) is 9.62 Å². The lowest BCUT2D eigenvalue weighted by Crippen LogP contribution is -2.30. The summed E-state index contributed by atoms with van der Waals surface area (Å²) in [6.45, 7) is 1.57. The van der Waals surface area contributed by atoms with Gasteiger partial charge in [-0.25, -0.2) is 17.2 Å². The number of aryl methyl sites for hydroxylation is 1. The van der Waals surface area contributed by atoms with E-state index in [-0.39, 0.29) is 4.21 Å². The maximum absolute atomic E-state index is 12.2. The Morgan fingerprint density at radius 1 is 1.50 bits per heavy atom. The highest BCUT2D eigenvalue weighted by atomic mass is 32.2. The smallest absolute Gasteiger partial charge is 0.252 e. The van der Waals surface area contributed by atoms with Crippen molar-refractivity contribution in [3.05, 3.63) is 16.5 Å². The molecular weight excluding hydrogens is 282 g/mol. The lowest BCUT2D eigenvalue weighted by atomic mass is 10.3. The van der Waals surface area contributed by atoms with Gasteiger partial charge in [0.2, 0.25) is 0 Å². The molecule has 1 N–H and O–H groups in total. The Bertz CT molecular complexity index is 500. The minimum Gasteiger partial charge on any atom is -0.315 e. The minimum atomic E-state index is -3.81. The molecule has 0 aromatic carbocycles. The zero-order chi connectivity index (χ0) is 13.9. The summed E-state index contributed by atoms with van der Waals surface area (Å²) in [7, 11) is -0.889. The number of rotatable bonds is 6. The van der Waals surface area contributed by atoms with Crippen LogP contribution in [0.2, 0.25) is 0 Å². The van der Waals surface area contributed by atoms with Gasteiger partial charge in [0, 0.05) is 18.5 Å². The molecule has 4 nitrogen and oxygen atoms in total. The first-order valence-corrected chi connectivity index (χ1v) is 7.53. The zero-order valence-electron chi connectivity index (χ0n) is 10.4. The Hall–Kier alpha value is -0.570. The molecule has 0 amide bonds. The first-order valence-electron chi connectivity index (χ1n) is 5.27. The maximum Gasteiger partial charge on any atom is 0.252 e. The second-order valence-electron chi connectivity index (χ2n) is 3.88. The number of halogens is 2. The molecule has 0 aliphatic carbocycles. The van der Waals surface area contributed by atoms with Crippen LogP contribution >= 0.6 is 11.3 Å². The summed E-state index contributed by atoms with van der Waals surface area (Å²) in [6.07, 6.45) is -2.68. The van der Waals surface area contributed by atoms with Gasteiger partial charge in [0.05, 0.1) is 6.54 Å². The Morgan fingerprint density at radius 3 is 2.61 bits per heavy atom. The average molecular weight is 298 g/mol. The van der Waals surface area contributed by atoms with Crippen LogP contribution in [-0.4, -0.2) is 39.8 Å². The highest BCUT2D eigenvalue weighted by molar-refractivity contribution is 7.91. The van der Waals surface area contributed by atoms with E-state index < -0.39 is 23.0 Å². The van der Waals surface area contributed by atoms with Crippen LogP contribution in [0.15, 0.2) is 10.3 Å². The van der Waals surface area contributed by atoms with Crippen LogP contribution in [0.1, 0.15) is 10.4 Å². The largest absolute Gasteiger partial charge is 0.315 e. The van der Waals surface area contributed by atoms with E-state index >= 15 is 0 Å². The number of hydrogen-bond donors (Lipinski definition) is 1. The monoisotopic (exact) mass is 298 g/mol. The number of nitrogens with zero attached hydrogens (tertiary/aromatic N) is 1. The highest BCUT2D eigenvalue weighted by Crippen LogP contribution is 2.28. The summed E-state index contributed by atoms with van der Waals surface area (Å²) >= 11 is 1.11. The molecule has 1 heterocycles. The summed E-state index contributed by atoms with van der Waals surface area (Å²) in [5.41, 5.74) is 0.846. The first kappa shape index (κ1) is 15.5. The lowest BCUT2D eigenvalue weighted by molar-refractivity contribution is 0.126. The van der Waals surface area contributed by atoms with E-state index in [4.69, 9.17) is 0 Å². The predicted octanol–water partition coefficient (Wildman–Crippen LogP) is 1.66. The number of nitrogens with one attached hydrogen (secondary N) is 1. The molecule has 0 spiro atoms. The molecule has 0 atom stereocenters. The molecule has 1 rings (SSSR count). The molecule has 0 aliphatic heterocycles. The average Bonchev–Trinajstić information content (AvgIpc) is 2.60. The van der Waals surface area contributed by atoms with Crippen LogP contribution in [-0.2, 0) is 16.6 Å². The summed E-state index contributed by atoms with van der Waals surface area (Å²) in [4.78, 5) is 0.890. The number of thiophene rings is 1. The van der Waals surface area contributed by atoms with Gasteiger partial charge < -0.3 is 5.32 Å². The molecule has 104 valence electrons. The molecule has 0 saturated carbocycles. The van der Waals surface area contributed by atoms with E-state index in [1.165, 1.54) is 6.07 Å². The van der Waals surface area contributed by atoms with E-state index in [9.17, 15) is 17.2 Å². The predicted molar refractivity (Wildman–Crippen MR) is 67.6 cm³/mol. The number of alkyl halides is 2.